The minimum Gasteiger partial charge on any atom is -0.481 e. The van der Waals surface area contributed by atoms with Gasteiger partial charge in [-0.2, -0.15) is 0 Å². The number of ketones is 1. The van der Waals surface area contributed by atoms with Crippen LogP contribution in [-0.2, 0) is 19.1 Å². The molecule has 0 aromatic heterocycles. The number of aliphatic carboxylic acids is 1. The number of carbonyl (C=O) groups excluding carboxylic acids is 2. The van der Waals surface area contributed by atoms with Crippen molar-refractivity contribution >= 4 is 17.7 Å². The highest BCUT2D eigenvalue weighted by Gasteiger charge is 2.59. The van der Waals surface area contributed by atoms with E-state index in [9.17, 15) is 14.4 Å². The second-order valence-corrected chi connectivity index (χ2v) is 9.85. The van der Waals surface area contributed by atoms with Crippen molar-refractivity contribution < 1.29 is 24.2 Å². The van der Waals surface area contributed by atoms with Gasteiger partial charge in [0.15, 0.2) is 5.78 Å². The molecule has 4 aliphatic carbocycles. The third-order valence-corrected chi connectivity index (χ3v) is 8.32. The van der Waals surface area contributed by atoms with Crippen molar-refractivity contribution in [2.24, 2.45) is 35.0 Å². The molecule has 3 fully saturated rings. The molecule has 1 N–H and O–H groups in total. The Balaban J connectivity index is 1.50. The minimum atomic E-state index is -0.960. The first-order valence-corrected chi connectivity index (χ1v) is 10.9. The highest BCUT2D eigenvalue weighted by Crippen LogP contribution is 2.63. The number of hydrogen-bond acceptors (Lipinski definition) is 4. The van der Waals surface area contributed by atoms with Crippen LogP contribution in [0.4, 0.5) is 0 Å². The number of carboxylic acid groups (broad SMARTS) is 1. The number of ether oxygens (including phenoxy) is 1. The fourth-order valence-electron chi connectivity index (χ4n) is 7.34. The average Bonchev–Trinajstić information content (AvgIpc) is 2.95. The molecule has 3 saturated carbocycles. The number of fused-ring (bicyclic) bond motifs is 5. The van der Waals surface area contributed by atoms with E-state index in [-0.39, 0.29) is 30.3 Å². The lowest BCUT2D eigenvalue weighted by molar-refractivity contribution is -0.162. The largest absolute Gasteiger partial charge is 0.481 e. The number of esters is 1. The van der Waals surface area contributed by atoms with Gasteiger partial charge in [0.2, 0.25) is 0 Å². The van der Waals surface area contributed by atoms with Crippen LogP contribution in [0.2, 0.25) is 0 Å². The molecule has 4 rings (SSSR count). The quantitative estimate of drug-likeness (QED) is 0.732. The van der Waals surface area contributed by atoms with Crippen LogP contribution in [0.3, 0.4) is 0 Å². The molecule has 0 amide bonds. The number of carboxylic acids is 1. The van der Waals surface area contributed by atoms with E-state index >= 15 is 0 Å². The summed E-state index contributed by atoms with van der Waals surface area (Å²) in [6.45, 7) is 4.64. The van der Waals surface area contributed by atoms with Crippen LogP contribution in [0.15, 0.2) is 11.6 Å². The van der Waals surface area contributed by atoms with Crippen LogP contribution in [-0.4, -0.2) is 28.9 Å². The molecular weight excluding hydrogens is 356 g/mol. The predicted molar refractivity (Wildman–Crippen MR) is 103 cm³/mol. The second-order valence-electron chi connectivity index (χ2n) is 9.85. The van der Waals surface area contributed by atoms with E-state index < -0.39 is 5.97 Å². The van der Waals surface area contributed by atoms with E-state index in [0.717, 1.165) is 38.5 Å². The Labute approximate surface area is 166 Å². The van der Waals surface area contributed by atoms with Crippen molar-refractivity contribution in [1.82, 2.24) is 0 Å². The summed E-state index contributed by atoms with van der Waals surface area (Å²) < 4.78 is 5.82. The van der Waals surface area contributed by atoms with Crippen LogP contribution in [0.25, 0.3) is 0 Å². The molecule has 0 radical (unpaired) electrons. The summed E-state index contributed by atoms with van der Waals surface area (Å²) in [4.78, 5) is 34.8. The van der Waals surface area contributed by atoms with Gasteiger partial charge >= 0.3 is 11.9 Å². The fraction of sp³-hybridized carbons (Fsp3) is 0.783. The molecule has 0 spiro atoms. The van der Waals surface area contributed by atoms with Gasteiger partial charge in [-0.05, 0) is 74.2 Å². The first-order chi connectivity index (χ1) is 13.3. The number of hydrogen-bond donors (Lipinski definition) is 1. The zero-order valence-electron chi connectivity index (χ0n) is 17.0. The molecule has 0 aromatic rings. The van der Waals surface area contributed by atoms with Gasteiger partial charge in [-0.25, -0.2) is 0 Å². The first kappa shape index (κ1) is 19.7. The summed E-state index contributed by atoms with van der Waals surface area (Å²) >= 11 is 0. The van der Waals surface area contributed by atoms with Gasteiger partial charge in [-0.1, -0.05) is 19.4 Å². The zero-order chi connectivity index (χ0) is 20.1. The Bertz CT molecular complexity index is 710. The van der Waals surface area contributed by atoms with Crippen molar-refractivity contribution in [1.29, 1.82) is 0 Å². The zero-order valence-corrected chi connectivity index (χ0v) is 17.0. The molecule has 5 nitrogen and oxygen atoms in total. The summed E-state index contributed by atoms with van der Waals surface area (Å²) in [6, 6.07) is 0. The van der Waals surface area contributed by atoms with Gasteiger partial charge in [0.05, 0.1) is 12.8 Å². The van der Waals surface area contributed by atoms with Crippen LogP contribution in [0.1, 0.15) is 71.6 Å². The topological polar surface area (TPSA) is 80.7 Å². The molecular formula is C23H32O5. The molecule has 7 atom stereocenters. The summed E-state index contributed by atoms with van der Waals surface area (Å²) in [6.07, 6.45) is 8.55. The Hall–Kier alpha value is -1.65. The normalized spacial score (nSPS) is 42.1. The Morgan fingerprint density at radius 2 is 1.96 bits per heavy atom. The van der Waals surface area contributed by atoms with Gasteiger partial charge in [0.25, 0.3) is 0 Å². The molecule has 0 aromatic carbocycles. The van der Waals surface area contributed by atoms with Crippen molar-refractivity contribution in [3.8, 4) is 0 Å². The standard InChI is InChI=1S/C23H32O5/c1-13-12-23(2)18(7-8-19(23)28-21(27)10-9-20(25)26)17-5-3-14-11-15(24)4-6-16(14)22(13)17/h11,13,16-19,22H,3-10,12H2,1-2H3,(H,25,26). The highest BCUT2D eigenvalue weighted by atomic mass is 16.5. The molecule has 154 valence electrons. The monoisotopic (exact) mass is 388 g/mol. The highest BCUT2D eigenvalue weighted by molar-refractivity contribution is 5.91. The summed E-state index contributed by atoms with van der Waals surface area (Å²) in [5.74, 6) is 1.93. The molecule has 4 aliphatic rings. The van der Waals surface area contributed by atoms with Gasteiger partial charge in [0.1, 0.15) is 6.10 Å². The first-order valence-electron chi connectivity index (χ1n) is 10.9. The number of carbonyl (C=O) groups is 3. The van der Waals surface area contributed by atoms with Gasteiger partial charge in [-0.3, -0.25) is 14.4 Å². The Morgan fingerprint density at radius 3 is 2.71 bits per heavy atom. The summed E-state index contributed by atoms with van der Waals surface area (Å²) in [7, 11) is 0. The smallest absolute Gasteiger partial charge is 0.306 e. The van der Waals surface area contributed by atoms with E-state index in [1.54, 1.807) is 0 Å². The van der Waals surface area contributed by atoms with E-state index in [2.05, 4.69) is 13.8 Å². The SMILES string of the molecule is CC1CC2(C)C(OC(=O)CCC(=O)O)CCC2C2CCC3=CC(=O)CCC3C12. The lowest BCUT2D eigenvalue weighted by Crippen LogP contribution is -2.51. The predicted octanol–water partition coefficient (Wildman–Crippen LogP) is 4.15. The fourth-order valence-corrected chi connectivity index (χ4v) is 7.34. The van der Waals surface area contributed by atoms with E-state index in [4.69, 9.17) is 9.84 Å². The van der Waals surface area contributed by atoms with Crippen molar-refractivity contribution in [3.63, 3.8) is 0 Å². The third-order valence-electron chi connectivity index (χ3n) is 8.32. The number of allylic oxidation sites excluding steroid dienone is 1. The molecule has 0 heterocycles. The molecule has 0 bridgehead atoms. The van der Waals surface area contributed by atoms with Crippen molar-refractivity contribution in [3.05, 3.63) is 11.6 Å². The van der Waals surface area contributed by atoms with Crippen molar-refractivity contribution in [2.45, 2.75) is 77.7 Å². The lowest BCUT2D eigenvalue weighted by atomic mass is 9.49. The Kier molecular flexibility index (Phi) is 5.13. The van der Waals surface area contributed by atoms with Gasteiger partial charge in [-0.15, -0.1) is 0 Å². The van der Waals surface area contributed by atoms with Crippen LogP contribution in [0.5, 0.6) is 0 Å². The molecule has 5 heteroatoms. The van der Waals surface area contributed by atoms with E-state index in [1.165, 1.54) is 5.57 Å². The minimum absolute atomic E-state index is 0.00876. The van der Waals surface area contributed by atoms with Crippen LogP contribution >= 0.6 is 0 Å². The maximum Gasteiger partial charge on any atom is 0.306 e. The van der Waals surface area contributed by atoms with Crippen LogP contribution < -0.4 is 0 Å². The van der Waals surface area contributed by atoms with E-state index in [1.807, 2.05) is 6.08 Å². The maximum atomic E-state index is 12.2. The average molecular weight is 389 g/mol. The van der Waals surface area contributed by atoms with E-state index in [0.29, 0.717) is 41.8 Å². The molecule has 7 unspecified atom stereocenters. The van der Waals surface area contributed by atoms with Gasteiger partial charge < -0.3 is 9.84 Å². The van der Waals surface area contributed by atoms with Crippen LogP contribution in [0, 0.1) is 35.0 Å². The van der Waals surface area contributed by atoms with Gasteiger partial charge in [0, 0.05) is 11.8 Å². The maximum absolute atomic E-state index is 12.2. The van der Waals surface area contributed by atoms with Crippen molar-refractivity contribution in [2.75, 3.05) is 0 Å². The summed E-state index contributed by atoms with van der Waals surface area (Å²) in [5, 5.41) is 8.80. The number of rotatable bonds is 4. The lowest BCUT2D eigenvalue weighted by Gasteiger charge is -2.56. The Morgan fingerprint density at radius 1 is 1.18 bits per heavy atom. The summed E-state index contributed by atoms with van der Waals surface area (Å²) in [5.41, 5.74) is 1.38. The second kappa shape index (κ2) is 7.31. The molecule has 0 saturated heterocycles. The third kappa shape index (κ3) is 3.31. The molecule has 28 heavy (non-hydrogen) atoms. The molecule has 0 aliphatic heterocycles.